The summed E-state index contributed by atoms with van der Waals surface area (Å²) in [6.45, 7) is 0. The highest BCUT2D eigenvalue weighted by atomic mass is 19.4. The van der Waals surface area contributed by atoms with Crippen LogP contribution in [0.25, 0.3) is 0 Å². The van der Waals surface area contributed by atoms with Crippen LogP contribution in [0.15, 0.2) is 42.5 Å². The number of non-ortho nitro benzene ring substituents is 1. The Morgan fingerprint density at radius 1 is 1.22 bits per heavy atom. The zero-order valence-corrected chi connectivity index (χ0v) is 11.6. The van der Waals surface area contributed by atoms with E-state index in [-0.39, 0.29) is 22.5 Å². The Morgan fingerprint density at radius 3 is 2.57 bits per heavy atom. The third kappa shape index (κ3) is 4.44. The molecule has 0 bridgehead atoms. The molecule has 0 saturated carbocycles. The number of anilines is 2. The van der Waals surface area contributed by atoms with Gasteiger partial charge in [0.2, 0.25) is 0 Å². The fourth-order valence-corrected chi connectivity index (χ4v) is 1.99. The van der Waals surface area contributed by atoms with E-state index in [1.807, 2.05) is 6.07 Å². The Labute approximate surface area is 129 Å². The summed E-state index contributed by atoms with van der Waals surface area (Å²) < 4.78 is 37.2. The summed E-state index contributed by atoms with van der Waals surface area (Å²) in [6, 6.07) is 11.1. The molecule has 0 fully saturated rings. The first-order valence-electron chi connectivity index (χ1n) is 6.40. The second-order valence-electron chi connectivity index (χ2n) is 4.72. The number of benzene rings is 2. The zero-order valence-electron chi connectivity index (χ0n) is 11.6. The normalized spacial score (nSPS) is 10.9. The van der Waals surface area contributed by atoms with Gasteiger partial charge in [-0.05, 0) is 23.8 Å². The van der Waals surface area contributed by atoms with Gasteiger partial charge in [0.25, 0.3) is 5.69 Å². The number of alkyl halides is 3. The van der Waals surface area contributed by atoms with Crippen LogP contribution >= 0.6 is 0 Å². The van der Waals surface area contributed by atoms with Gasteiger partial charge in [-0.2, -0.15) is 18.4 Å². The van der Waals surface area contributed by atoms with Crippen molar-refractivity contribution in [1.29, 1.82) is 5.26 Å². The number of halogens is 3. The number of nitriles is 1. The van der Waals surface area contributed by atoms with Crippen molar-refractivity contribution in [1.82, 2.24) is 0 Å². The van der Waals surface area contributed by atoms with E-state index in [0.29, 0.717) is 5.69 Å². The van der Waals surface area contributed by atoms with Gasteiger partial charge in [0, 0.05) is 17.8 Å². The van der Waals surface area contributed by atoms with Crippen LogP contribution in [0.1, 0.15) is 11.1 Å². The summed E-state index contributed by atoms with van der Waals surface area (Å²) in [5.41, 5.74) is 0.501. The van der Waals surface area contributed by atoms with E-state index in [9.17, 15) is 23.3 Å². The molecule has 0 amide bonds. The Kier molecular flexibility index (Phi) is 4.50. The number of nitrogens with one attached hydrogen (secondary N) is 1. The Balaban J connectivity index is 2.27. The molecule has 0 spiro atoms. The minimum absolute atomic E-state index is 0.0282. The SMILES string of the molecule is N#Cc1cc([N+](=O)[O-])ccc1Nc1cccc(CC(F)(F)F)c1. The summed E-state index contributed by atoms with van der Waals surface area (Å²) >= 11 is 0. The monoisotopic (exact) mass is 321 g/mol. The molecule has 5 nitrogen and oxygen atoms in total. The lowest BCUT2D eigenvalue weighted by molar-refractivity contribution is -0.384. The molecule has 2 aromatic rings. The standard InChI is InChI=1S/C15H10F3N3O2/c16-15(17,18)8-10-2-1-3-12(6-10)20-14-5-4-13(21(22)23)7-11(14)9-19/h1-7,20H,8H2. The highest BCUT2D eigenvalue weighted by Crippen LogP contribution is 2.27. The molecule has 0 unspecified atom stereocenters. The predicted octanol–water partition coefficient (Wildman–Crippen LogP) is 4.31. The highest BCUT2D eigenvalue weighted by molar-refractivity contribution is 5.68. The first kappa shape index (κ1) is 16.3. The third-order valence-corrected chi connectivity index (χ3v) is 2.94. The van der Waals surface area contributed by atoms with Gasteiger partial charge in [-0.15, -0.1) is 0 Å². The number of nitrogens with zero attached hydrogens (tertiary/aromatic N) is 2. The molecule has 0 atom stereocenters. The van der Waals surface area contributed by atoms with Gasteiger partial charge < -0.3 is 5.32 Å². The average Bonchev–Trinajstić information content (AvgIpc) is 2.46. The molecule has 118 valence electrons. The molecule has 0 aliphatic heterocycles. The third-order valence-electron chi connectivity index (χ3n) is 2.94. The molecule has 8 heteroatoms. The van der Waals surface area contributed by atoms with Crippen molar-refractivity contribution in [3.63, 3.8) is 0 Å². The minimum Gasteiger partial charge on any atom is -0.354 e. The maximum Gasteiger partial charge on any atom is 0.393 e. The molecular formula is C15H10F3N3O2. The van der Waals surface area contributed by atoms with Crippen molar-refractivity contribution < 1.29 is 18.1 Å². The van der Waals surface area contributed by atoms with Crippen LogP contribution in [-0.2, 0) is 6.42 Å². The van der Waals surface area contributed by atoms with Gasteiger partial charge in [0.05, 0.1) is 22.6 Å². The summed E-state index contributed by atoms with van der Waals surface area (Å²) in [5, 5.41) is 22.5. The van der Waals surface area contributed by atoms with Gasteiger partial charge >= 0.3 is 6.18 Å². The first-order valence-corrected chi connectivity index (χ1v) is 6.40. The second kappa shape index (κ2) is 6.36. The van der Waals surface area contributed by atoms with Crippen molar-refractivity contribution in [2.24, 2.45) is 0 Å². The summed E-state index contributed by atoms with van der Waals surface area (Å²) in [5.74, 6) is 0. The van der Waals surface area contributed by atoms with Crippen LogP contribution in [0.5, 0.6) is 0 Å². The Morgan fingerprint density at radius 2 is 1.96 bits per heavy atom. The van der Waals surface area contributed by atoms with E-state index < -0.39 is 17.5 Å². The molecule has 0 heterocycles. The zero-order chi connectivity index (χ0) is 17.0. The predicted molar refractivity (Wildman–Crippen MR) is 77.3 cm³/mol. The summed E-state index contributed by atoms with van der Waals surface area (Å²) in [7, 11) is 0. The van der Waals surface area contributed by atoms with Crippen molar-refractivity contribution in [2.45, 2.75) is 12.6 Å². The van der Waals surface area contributed by atoms with Gasteiger partial charge in [-0.3, -0.25) is 10.1 Å². The van der Waals surface area contributed by atoms with Gasteiger partial charge in [0.15, 0.2) is 0 Å². The Hall–Kier alpha value is -3.08. The van der Waals surface area contributed by atoms with E-state index in [2.05, 4.69) is 5.32 Å². The fraction of sp³-hybridized carbons (Fsp3) is 0.133. The van der Waals surface area contributed by atoms with Crippen molar-refractivity contribution >= 4 is 17.1 Å². The van der Waals surface area contributed by atoms with Crippen LogP contribution in [0, 0.1) is 21.4 Å². The van der Waals surface area contributed by atoms with Crippen molar-refractivity contribution in [2.75, 3.05) is 5.32 Å². The maximum atomic E-state index is 12.4. The van der Waals surface area contributed by atoms with Crippen molar-refractivity contribution in [3.8, 4) is 6.07 Å². The number of nitro groups is 1. The largest absolute Gasteiger partial charge is 0.393 e. The fourth-order valence-electron chi connectivity index (χ4n) is 1.99. The molecule has 2 rings (SSSR count). The number of rotatable bonds is 4. The highest BCUT2D eigenvalue weighted by Gasteiger charge is 2.27. The van der Waals surface area contributed by atoms with E-state index >= 15 is 0 Å². The molecule has 1 N–H and O–H groups in total. The van der Waals surface area contributed by atoms with Gasteiger partial charge in [-0.25, -0.2) is 0 Å². The molecule has 0 aliphatic rings. The molecule has 0 aliphatic carbocycles. The molecule has 0 aromatic heterocycles. The van der Waals surface area contributed by atoms with Crippen LogP contribution in [-0.4, -0.2) is 11.1 Å². The quantitative estimate of drug-likeness (QED) is 0.672. The van der Waals surface area contributed by atoms with E-state index in [1.54, 1.807) is 6.07 Å². The van der Waals surface area contributed by atoms with E-state index in [0.717, 1.165) is 6.07 Å². The van der Waals surface area contributed by atoms with Crippen LogP contribution in [0.3, 0.4) is 0 Å². The topological polar surface area (TPSA) is 79.0 Å². The average molecular weight is 321 g/mol. The van der Waals surface area contributed by atoms with E-state index in [1.165, 1.54) is 30.3 Å². The summed E-state index contributed by atoms with van der Waals surface area (Å²) in [4.78, 5) is 10.1. The van der Waals surface area contributed by atoms with Crippen LogP contribution < -0.4 is 5.32 Å². The smallest absolute Gasteiger partial charge is 0.354 e. The molecule has 23 heavy (non-hydrogen) atoms. The lowest BCUT2D eigenvalue weighted by atomic mass is 10.1. The number of nitro benzene ring substituents is 1. The molecule has 0 saturated heterocycles. The molecular weight excluding hydrogens is 311 g/mol. The lowest BCUT2D eigenvalue weighted by Gasteiger charge is -2.11. The molecule has 2 aromatic carbocycles. The van der Waals surface area contributed by atoms with E-state index in [4.69, 9.17) is 5.26 Å². The molecule has 0 radical (unpaired) electrons. The van der Waals surface area contributed by atoms with Crippen LogP contribution in [0.2, 0.25) is 0 Å². The number of hydrogen-bond acceptors (Lipinski definition) is 4. The van der Waals surface area contributed by atoms with Crippen LogP contribution in [0.4, 0.5) is 30.2 Å². The number of hydrogen-bond donors (Lipinski definition) is 1. The maximum absolute atomic E-state index is 12.4. The second-order valence-corrected chi connectivity index (χ2v) is 4.72. The summed E-state index contributed by atoms with van der Waals surface area (Å²) in [6.07, 6.45) is -5.38. The van der Waals surface area contributed by atoms with Gasteiger partial charge in [0.1, 0.15) is 6.07 Å². The Bertz CT molecular complexity index is 782. The minimum atomic E-state index is -4.32. The van der Waals surface area contributed by atoms with Gasteiger partial charge in [-0.1, -0.05) is 12.1 Å². The van der Waals surface area contributed by atoms with Crippen molar-refractivity contribution in [3.05, 3.63) is 63.7 Å². The lowest BCUT2D eigenvalue weighted by Crippen LogP contribution is -2.11. The first-order chi connectivity index (χ1) is 10.8.